The van der Waals surface area contributed by atoms with Crippen LogP contribution in [0.1, 0.15) is 150 Å². The average molecular weight is 941 g/mol. The number of hydrogen-bond acceptors (Lipinski definition) is 2. The van der Waals surface area contributed by atoms with Gasteiger partial charge in [-0.1, -0.05) is 277 Å². The van der Waals surface area contributed by atoms with E-state index in [4.69, 9.17) is 9.97 Å². The number of benzene rings is 7. The van der Waals surface area contributed by atoms with Gasteiger partial charge in [-0.15, -0.1) is 0 Å². The van der Waals surface area contributed by atoms with Crippen LogP contribution in [0.2, 0.25) is 0 Å². The Morgan fingerprint density at radius 2 is 0.375 bits per heavy atom. The summed E-state index contributed by atoms with van der Waals surface area (Å²) in [7, 11) is 0. The Morgan fingerprint density at radius 3 is 0.597 bits per heavy atom. The van der Waals surface area contributed by atoms with Crippen molar-refractivity contribution in [3.8, 4) is 22.3 Å². The number of hydrogen-bond donors (Lipinski definition) is 0. The molecule has 2 aromatic heterocycles. The third-order valence-electron chi connectivity index (χ3n) is 16.4. The minimum Gasteiger partial charge on any atom is -0.256 e. The Hall–Kier alpha value is -7.16. The van der Waals surface area contributed by atoms with E-state index in [2.05, 4.69) is 301 Å². The molecular formula is C70H72N2. The molecule has 7 aromatic carbocycles. The monoisotopic (exact) mass is 941 g/mol. The maximum absolute atomic E-state index is 5.61. The Morgan fingerprint density at radius 1 is 0.194 bits per heavy atom. The Labute approximate surface area is 431 Å². The molecule has 72 heavy (non-hydrogen) atoms. The van der Waals surface area contributed by atoms with Crippen molar-refractivity contribution < 1.29 is 0 Å². The normalized spacial score (nSPS) is 12.7. The third-order valence-corrected chi connectivity index (χ3v) is 16.4. The molecule has 0 atom stereocenters. The predicted molar refractivity (Wildman–Crippen MR) is 304 cm³/mol. The van der Waals surface area contributed by atoms with E-state index < -0.39 is 10.8 Å². The summed E-state index contributed by atoms with van der Waals surface area (Å²) in [4.78, 5) is 11.2. The lowest BCUT2D eigenvalue weighted by Crippen LogP contribution is -2.27. The van der Waals surface area contributed by atoms with E-state index in [9.17, 15) is 0 Å². The van der Waals surface area contributed by atoms with Gasteiger partial charge in [0.1, 0.15) is 0 Å². The molecule has 9 aromatic rings. The lowest BCUT2D eigenvalue weighted by atomic mass is 9.74. The van der Waals surface area contributed by atoms with E-state index in [1.807, 2.05) is 0 Å². The van der Waals surface area contributed by atoms with Crippen molar-refractivity contribution in [1.29, 1.82) is 0 Å². The fourth-order valence-electron chi connectivity index (χ4n) is 10.5. The van der Waals surface area contributed by atoms with Crippen LogP contribution in [0.25, 0.3) is 22.3 Å². The van der Waals surface area contributed by atoms with Gasteiger partial charge in [0.15, 0.2) is 0 Å². The molecule has 2 nitrogen and oxygen atoms in total. The zero-order valence-corrected chi connectivity index (χ0v) is 44.7. The van der Waals surface area contributed by atoms with Gasteiger partial charge < -0.3 is 0 Å². The van der Waals surface area contributed by atoms with Gasteiger partial charge in [0.25, 0.3) is 0 Å². The summed E-state index contributed by atoms with van der Waals surface area (Å²) >= 11 is 0. The highest BCUT2D eigenvalue weighted by molar-refractivity contribution is 5.67. The molecular weight excluding hydrogens is 869 g/mol. The van der Waals surface area contributed by atoms with Crippen molar-refractivity contribution in [2.24, 2.45) is 0 Å². The molecule has 0 fully saturated rings. The van der Waals surface area contributed by atoms with Crippen LogP contribution in [-0.2, 0) is 32.5 Å². The standard InChI is InChI=1S/C70H72N2/c1-65(2,53-29-21-15-22-30-53)55-33-37-57(38-34-55)67(5,6)61-45-51(49-25-17-13-18-26-49)47-63(71-61)69(9,10)59-41-43-60(44-42-59)70(11,12)64-48-52(50-27-19-14-20-28-50)46-62(72-64)68(7,8)58-39-35-56(36-40-58)66(3,4)54-31-23-16-24-32-54/h13-48H,1-12H3. The van der Waals surface area contributed by atoms with Crippen molar-refractivity contribution in [1.82, 2.24) is 9.97 Å². The first-order valence-corrected chi connectivity index (χ1v) is 25.8. The second kappa shape index (κ2) is 19.1. The zero-order chi connectivity index (χ0) is 51.1. The van der Waals surface area contributed by atoms with Gasteiger partial charge in [0.05, 0.1) is 22.8 Å². The molecule has 0 unspecified atom stereocenters. The van der Waals surface area contributed by atoms with Gasteiger partial charge in [0, 0.05) is 32.5 Å². The predicted octanol–water partition coefficient (Wildman–Crippen LogP) is 17.8. The van der Waals surface area contributed by atoms with E-state index >= 15 is 0 Å². The second-order valence-electron chi connectivity index (χ2n) is 23.2. The number of aromatic nitrogens is 2. The van der Waals surface area contributed by atoms with Crippen LogP contribution >= 0.6 is 0 Å². The smallest absolute Gasteiger partial charge is 0.0513 e. The average Bonchev–Trinajstić information content (AvgIpc) is 3.41. The van der Waals surface area contributed by atoms with E-state index in [-0.39, 0.29) is 21.7 Å². The fraction of sp³-hybridized carbons (Fsp3) is 0.257. The van der Waals surface area contributed by atoms with Gasteiger partial charge >= 0.3 is 0 Å². The fourth-order valence-corrected chi connectivity index (χ4v) is 10.5. The van der Waals surface area contributed by atoms with Crippen molar-refractivity contribution in [2.45, 2.75) is 116 Å². The van der Waals surface area contributed by atoms with Crippen LogP contribution < -0.4 is 0 Å². The molecule has 0 N–H and O–H groups in total. The minimum absolute atomic E-state index is 0.116. The van der Waals surface area contributed by atoms with Gasteiger partial charge in [-0.05, 0) is 91.0 Å². The van der Waals surface area contributed by atoms with E-state index in [0.717, 1.165) is 22.8 Å². The SMILES string of the molecule is CC(C)(c1ccccc1)c1ccc(C(C)(C)c2cc(-c3ccccc3)cc(C(C)(C)c3ccc(C(C)(C)c4cc(-c5ccccc5)cc(C(C)(C)c5ccc(C(C)(C)c6ccccc6)cc5)n4)cc3)n2)cc1. The summed E-state index contributed by atoms with van der Waals surface area (Å²) in [6.45, 7) is 27.7. The topological polar surface area (TPSA) is 25.8 Å². The first-order chi connectivity index (χ1) is 34.2. The molecule has 362 valence electrons. The van der Waals surface area contributed by atoms with Crippen molar-refractivity contribution in [2.75, 3.05) is 0 Å². The molecule has 0 aliphatic heterocycles. The van der Waals surface area contributed by atoms with Gasteiger partial charge in [-0.2, -0.15) is 0 Å². The quantitative estimate of drug-likeness (QED) is 0.109. The highest BCUT2D eigenvalue weighted by Gasteiger charge is 2.35. The van der Waals surface area contributed by atoms with Crippen LogP contribution in [0.15, 0.2) is 218 Å². The lowest BCUT2D eigenvalue weighted by Gasteiger charge is -2.33. The Kier molecular flexibility index (Phi) is 13.2. The maximum atomic E-state index is 5.61. The van der Waals surface area contributed by atoms with Crippen LogP contribution in [0.5, 0.6) is 0 Å². The highest BCUT2D eigenvalue weighted by Crippen LogP contribution is 2.43. The van der Waals surface area contributed by atoms with Crippen LogP contribution in [-0.4, -0.2) is 9.97 Å². The second-order valence-corrected chi connectivity index (χ2v) is 23.2. The summed E-state index contributed by atoms with van der Waals surface area (Å²) in [5.74, 6) is 0. The highest BCUT2D eigenvalue weighted by atomic mass is 14.8. The van der Waals surface area contributed by atoms with Crippen molar-refractivity contribution in [3.63, 3.8) is 0 Å². The number of nitrogens with zero attached hydrogens (tertiary/aromatic N) is 2. The Balaban J connectivity index is 1.05. The molecule has 0 amide bonds. The van der Waals surface area contributed by atoms with E-state index in [0.29, 0.717) is 0 Å². The van der Waals surface area contributed by atoms with Gasteiger partial charge in [-0.3, -0.25) is 9.97 Å². The van der Waals surface area contributed by atoms with Crippen molar-refractivity contribution in [3.05, 3.63) is 286 Å². The molecule has 0 spiro atoms. The summed E-state index contributed by atoms with van der Waals surface area (Å²) in [6, 6.07) is 80.0. The molecule has 2 heterocycles. The summed E-state index contributed by atoms with van der Waals surface area (Å²) in [5, 5.41) is 0. The van der Waals surface area contributed by atoms with Gasteiger partial charge in [0.2, 0.25) is 0 Å². The third kappa shape index (κ3) is 9.52. The largest absolute Gasteiger partial charge is 0.256 e. The van der Waals surface area contributed by atoms with Crippen molar-refractivity contribution >= 4 is 0 Å². The molecule has 0 radical (unpaired) electrons. The summed E-state index contributed by atoms with van der Waals surface area (Å²) < 4.78 is 0. The van der Waals surface area contributed by atoms with Crippen LogP contribution in [0, 0.1) is 0 Å². The zero-order valence-electron chi connectivity index (χ0n) is 44.7. The molecule has 9 rings (SSSR count). The lowest BCUT2D eigenvalue weighted by molar-refractivity contribution is 0.569. The minimum atomic E-state index is -0.406. The van der Waals surface area contributed by atoms with Crippen LogP contribution in [0.3, 0.4) is 0 Å². The molecule has 0 aliphatic carbocycles. The summed E-state index contributed by atoms with van der Waals surface area (Å²) in [5.41, 5.74) is 17.2. The Bertz CT molecular complexity index is 3040. The van der Waals surface area contributed by atoms with Gasteiger partial charge in [-0.25, -0.2) is 0 Å². The maximum Gasteiger partial charge on any atom is 0.0513 e. The van der Waals surface area contributed by atoms with E-state index in [1.54, 1.807) is 0 Å². The first-order valence-electron chi connectivity index (χ1n) is 25.8. The number of pyridine rings is 2. The number of rotatable bonds is 14. The first kappa shape index (κ1) is 49.8. The summed E-state index contributed by atoms with van der Waals surface area (Å²) in [6.07, 6.45) is 0. The van der Waals surface area contributed by atoms with Crippen LogP contribution in [0.4, 0.5) is 0 Å². The molecule has 0 bridgehead atoms. The molecule has 2 heteroatoms. The van der Waals surface area contributed by atoms with E-state index in [1.165, 1.54) is 66.8 Å². The molecule has 0 aliphatic rings. The molecule has 0 saturated heterocycles. The molecule has 0 saturated carbocycles.